The molecule has 7 heteroatoms. The molecule has 0 amide bonds. The fourth-order valence-corrected chi connectivity index (χ4v) is 3.51. The van der Waals surface area contributed by atoms with Crippen LogP contribution in [0.2, 0.25) is 0 Å². The van der Waals surface area contributed by atoms with Gasteiger partial charge in [-0.2, -0.15) is 13.2 Å². The Morgan fingerprint density at radius 1 is 1.20 bits per heavy atom. The van der Waals surface area contributed by atoms with Gasteiger partial charge < -0.3 is 4.74 Å². The molecule has 2 rings (SSSR count). The van der Waals surface area contributed by atoms with Gasteiger partial charge in [-0.1, -0.05) is 36.5 Å². The van der Waals surface area contributed by atoms with Crippen molar-refractivity contribution in [2.24, 2.45) is 0 Å². The zero-order valence-corrected chi connectivity index (χ0v) is 15.6. The van der Waals surface area contributed by atoms with Crippen LogP contribution in [-0.4, -0.2) is 12.6 Å². The molecule has 0 saturated carbocycles. The number of hydrogen-bond donors (Lipinski definition) is 0. The van der Waals surface area contributed by atoms with E-state index in [1.807, 2.05) is 0 Å². The minimum Gasteiger partial charge on any atom is -0.462 e. The van der Waals surface area contributed by atoms with Gasteiger partial charge in [-0.25, -0.2) is 4.79 Å². The summed E-state index contributed by atoms with van der Waals surface area (Å²) in [6.45, 7) is 5.28. The predicted molar refractivity (Wildman–Crippen MR) is 95.4 cm³/mol. The molecule has 0 radical (unpaired) electrons. The average Bonchev–Trinajstić information content (AvgIpc) is 2.56. The zero-order chi connectivity index (χ0) is 18.6. The van der Waals surface area contributed by atoms with Crippen LogP contribution in [0.4, 0.5) is 13.2 Å². The van der Waals surface area contributed by atoms with Gasteiger partial charge in [-0.3, -0.25) is 0 Å². The van der Waals surface area contributed by atoms with E-state index in [0.29, 0.717) is 9.37 Å². The molecule has 25 heavy (non-hydrogen) atoms. The first-order chi connectivity index (χ1) is 11.7. The monoisotopic (exact) mass is 430 g/mol. The normalized spacial score (nSPS) is 11.2. The molecule has 2 aromatic carbocycles. The summed E-state index contributed by atoms with van der Waals surface area (Å²) in [5.41, 5.74) is -0.844. The molecular formula is C18H14BrF3O2S. The van der Waals surface area contributed by atoms with Gasteiger partial charge in [0, 0.05) is 14.3 Å². The largest absolute Gasteiger partial charge is 0.462 e. The molecule has 0 aromatic heterocycles. The molecule has 0 aliphatic carbocycles. The molecule has 2 aromatic rings. The topological polar surface area (TPSA) is 26.3 Å². The molecule has 0 N–H and O–H groups in total. The quantitative estimate of drug-likeness (QED) is 0.417. The van der Waals surface area contributed by atoms with Gasteiger partial charge in [0.25, 0.3) is 0 Å². The van der Waals surface area contributed by atoms with Crippen molar-refractivity contribution in [2.75, 3.05) is 6.61 Å². The van der Waals surface area contributed by atoms with Crippen molar-refractivity contribution >= 4 is 39.2 Å². The van der Waals surface area contributed by atoms with E-state index in [-0.39, 0.29) is 22.6 Å². The fourth-order valence-electron chi connectivity index (χ4n) is 2.01. The molecule has 0 spiro atoms. The second-order valence-corrected chi connectivity index (χ2v) is 6.88. The Labute approximate surface area is 156 Å². The summed E-state index contributed by atoms with van der Waals surface area (Å²) in [5.74, 6) is -0.734. The number of carbonyl (C=O) groups excluding carboxylic acids is 1. The maximum atomic E-state index is 13.5. The lowest BCUT2D eigenvalue weighted by Gasteiger charge is -2.15. The summed E-state index contributed by atoms with van der Waals surface area (Å²) >= 11 is 4.32. The van der Waals surface area contributed by atoms with Crippen LogP contribution in [0.1, 0.15) is 18.1 Å². The van der Waals surface area contributed by atoms with Gasteiger partial charge in [0.15, 0.2) is 0 Å². The molecule has 2 nitrogen and oxygen atoms in total. The maximum absolute atomic E-state index is 13.5. The van der Waals surface area contributed by atoms with Crippen molar-refractivity contribution in [1.82, 2.24) is 0 Å². The van der Waals surface area contributed by atoms with E-state index in [4.69, 9.17) is 4.74 Å². The van der Waals surface area contributed by atoms with E-state index in [0.717, 1.165) is 17.8 Å². The van der Waals surface area contributed by atoms with Crippen molar-refractivity contribution < 1.29 is 22.7 Å². The zero-order valence-electron chi connectivity index (χ0n) is 13.2. The minimum atomic E-state index is -4.56. The summed E-state index contributed by atoms with van der Waals surface area (Å²) < 4.78 is 45.9. The number of alkyl halides is 3. The lowest BCUT2D eigenvalue weighted by atomic mass is 10.0. The van der Waals surface area contributed by atoms with Crippen LogP contribution in [0.15, 0.2) is 63.3 Å². The Kier molecular flexibility index (Phi) is 6.35. The number of carbonyl (C=O) groups is 1. The van der Waals surface area contributed by atoms with Gasteiger partial charge >= 0.3 is 12.1 Å². The van der Waals surface area contributed by atoms with E-state index in [1.165, 1.54) is 12.1 Å². The number of benzene rings is 2. The van der Waals surface area contributed by atoms with Crippen LogP contribution in [0.3, 0.4) is 0 Å². The third kappa shape index (κ3) is 4.89. The van der Waals surface area contributed by atoms with E-state index >= 15 is 0 Å². The van der Waals surface area contributed by atoms with Crippen LogP contribution in [0.25, 0.3) is 5.57 Å². The van der Waals surface area contributed by atoms with Crippen LogP contribution < -0.4 is 0 Å². The molecule has 0 aliphatic rings. The number of rotatable bonds is 5. The van der Waals surface area contributed by atoms with E-state index in [2.05, 4.69) is 22.5 Å². The minimum absolute atomic E-state index is 0.0415. The van der Waals surface area contributed by atoms with E-state index in [9.17, 15) is 18.0 Å². The third-order valence-corrected chi connectivity index (χ3v) is 5.32. The van der Waals surface area contributed by atoms with E-state index in [1.54, 1.807) is 31.2 Å². The summed E-state index contributed by atoms with van der Waals surface area (Å²) in [5, 5.41) is 0. The van der Waals surface area contributed by atoms with Crippen molar-refractivity contribution in [3.05, 3.63) is 64.6 Å². The Morgan fingerprint density at radius 2 is 1.88 bits per heavy atom. The highest BCUT2D eigenvalue weighted by Gasteiger charge is 2.34. The summed E-state index contributed by atoms with van der Waals surface area (Å²) in [6.07, 6.45) is -4.56. The van der Waals surface area contributed by atoms with Crippen molar-refractivity contribution in [3.8, 4) is 0 Å². The van der Waals surface area contributed by atoms with Crippen molar-refractivity contribution in [3.63, 3.8) is 0 Å². The van der Waals surface area contributed by atoms with Crippen LogP contribution in [0, 0.1) is 0 Å². The SMILES string of the molecule is C=C(C(=O)OCC)c1ccc(Sc2ccccc2Br)c(C(F)(F)F)c1. The summed E-state index contributed by atoms with van der Waals surface area (Å²) in [7, 11) is 0. The van der Waals surface area contributed by atoms with E-state index < -0.39 is 17.7 Å². The summed E-state index contributed by atoms with van der Waals surface area (Å²) in [4.78, 5) is 12.4. The highest BCUT2D eigenvalue weighted by Crippen LogP contribution is 2.42. The predicted octanol–water partition coefficient (Wildman–Crippen LogP) is 6.20. The highest BCUT2D eigenvalue weighted by atomic mass is 79.9. The molecule has 0 heterocycles. The first-order valence-electron chi connectivity index (χ1n) is 7.24. The third-order valence-electron chi connectivity index (χ3n) is 3.21. The standard InChI is InChI=1S/C18H14BrF3O2S/c1-3-24-17(23)11(2)12-8-9-15(13(10-12)18(20,21)22)25-16-7-5-4-6-14(16)19/h4-10H,2-3H2,1H3. The lowest BCUT2D eigenvalue weighted by Crippen LogP contribution is -2.10. The second-order valence-electron chi connectivity index (χ2n) is 4.94. The number of esters is 1. The Hall–Kier alpha value is -1.73. The van der Waals surface area contributed by atoms with Gasteiger partial charge in [0.2, 0.25) is 0 Å². The Balaban J connectivity index is 2.43. The number of hydrogen-bond acceptors (Lipinski definition) is 3. The first-order valence-corrected chi connectivity index (χ1v) is 8.85. The molecular weight excluding hydrogens is 417 g/mol. The van der Waals surface area contributed by atoms with Crippen LogP contribution in [0.5, 0.6) is 0 Å². The van der Waals surface area contributed by atoms with Crippen molar-refractivity contribution in [2.45, 2.75) is 22.9 Å². The number of ether oxygens (including phenoxy) is 1. The smallest absolute Gasteiger partial charge is 0.417 e. The van der Waals surface area contributed by atoms with Crippen LogP contribution in [-0.2, 0) is 15.7 Å². The highest BCUT2D eigenvalue weighted by molar-refractivity contribution is 9.10. The maximum Gasteiger partial charge on any atom is 0.417 e. The average molecular weight is 431 g/mol. The number of halogens is 4. The molecule has 0 aliphatic heterocycles. The van der Waals surface area contributed by atoms with Gasteiger partial charge in [0.05, 0.1) is 17.7 Å². The van der Waals surface area contributed by atoms with Crippen LogP contribution >= 0.6 is 27.7 Å². The van der Waals surface area contributed by atoms with Crippen molar-refractivity contribution in [1.29, 1.82) is 0 Å². The lowest BCUT2D eigenvalue weighted by molar-refractivity contribution is -0.140. The van der Waals surface area contributed by atoms with Gasteiger partial charge in [-0.15, -0.1) is 0 Å². The van der Waals surface area contributed by atoms with Gasteiger partial charge in [-0.05, 0) is 52.7 Å². The molecule has 0 atom stereocenters. The Morgan fingerprint density at radius 3 is 2.48 bits per heavy atom. The molecule has 132 valence electrons. The Bertz CT molecular complexity index is 803. The van der Waals surface area contributed by atoms with Gasteiger partial charge in [0.1, 0.15) is 0 Å². The molecule has 0 fully saturated rings. The molecule has 0 bridgehead atoms. The first kappa shape index (κ1) is 19.6. The molecule has 0 saturated heterocycles. The fraction of sp³-hybridized carbons (Fsp3) is 0.167. The summed E-state index contributed by atoms with van der Waals surface area (Å²) in [6, 6.07) is 10.7. The second kappa shape index (κ2) is 8.10. The molecule has 0 unspecified atom stereocenters.